The number of carboxylic acids is 1. The number of carbonyl (C=O) groups is 1. The van der Waals surface area contributed by atoms with Crippen molar-refractivity contribution in [3.05, 3.63) is 60.4 Å². The molecule has 1 fully saturated rings. The molecule has 0 amide bonds. The number of nitrogens with one attached hydrogen (secondary N) is 1. The van der Waals surface area contributed by atoms with E-state index in [1.807, 2.05) is 53.2 Å². The van der Waals surface area contributed by atoms with Gasteiger partial charge in [-0.25, -0.2) is 9.48 Å². The Bertz CT molecular complexity index is 1290. The molecule has 2 aromatic carbocycles. The number of hydrogen-bond donors (Lipinski definition) is 2. The topological polar surface area (TPSA) is 102 Å². The third-order valence-corrected chi connectivity index (χ3v) is 5.50. The molecular weight excluding hydrogens is 408 g/mol. The van der Waals surface area contributed by atoms with Gasteiger partial charge in [0.2, 0.25) is 0 Å². The number of H-pyrrole nitrogens is 1. The molecule has 0 bridgehead atoms. The highest BCUT2D eigenvalue weighted by molar-refractivity contribution is 5.87. The molecule has 0 unspecified atom stereocenters. The second-order valence-corrected chi connectivity index (χ2v) is 8.49. The van der Waals surface area contributed by atoms with E-state index in [4.69, 9.17) is 14.6 Å². The first-order valence-electron chi connectivity index (χ1n) is 10.6. The van der Waals surface area contributed by atoms with E-state index in [9.17, 15) is 9.90 Å². The molecule has 8 nitrogen and oxygen atoms in total. The molecule has 0 aliphatic heterocycles. The zero-order valence-corrected chi connectivity index (χ0v) is 17.9. The van der Waals surface area contributed by atoms with Crippen LogP contribution >= 0.6 is 0 Å². The van der Waals surface area contributed by atoms with Gasteiger partial charge in [-0.3, -0.25) is 5.10 Å². The predicted molar refractivity (Wildman–Crippen MR) is 119 cm³/mol. The summed E-state index contributed by atoms with van der Waals surface area (Å²) in [6, 6.07) is 15.7. The summed E-state index contributed by atoms with van der Waals surface area (Å²) in [5, 5.41) is 22.2. The monoisotopic (exact) mass is 432 g/mol. The van der Waals surface area contributed by atoms with Crippen molar-refractivity contribution < 1.29 is 19.4 Å². The molecule has 2 N–H and O–H groups in total. The van der Waals surface area contributed by atoms with E-state index < -0.39 is 11.6 Å². The van der Waals surface area contributed by atoms with Crippen molar-refractivity contribution in [2.75, 3.05) is 0 Å². The number of rotatable bonds is 8. The highest BCUT2D eigenvalue weighted by atomic mass is 16.5. The minimum atomic E-state index is -1.31. The smallest absolute Gasteiger partial charge is 0.335 e. The van der Waals surface area contributed by atoms with Crippen molar-refractivity contribution in [3.63, 3.8) is 0 Å². The van der Waals surface area contributed by atoms with Crippen molar-refractivity contribution >= 4 is 16.9 Å². The van der Waals surface area contributed by atoms with Gasteiger partial charge in [0.05, 0.1) is 41.5 Å². The molecule has 164 valence electrons. The van der Waals surface area contributed by atoms with Crippen LogP contribution in [-0.4, -0.2) is 42.8 Å². The first-order chi connectivity index (χ1) is 15.4. The van der Waals surface area contributed by atoms with Gasteiger partial charge in [0.1, 0.15) is 5.75 Å². The number of benzene rings is 2. The first kappa shape index (κ1) is 20.3. The Balaban J connectivity index is 1.57. The van der Waals surface area contributed by atoms with Gasteiger partial charge in [0.25, 0.3) is 0 Å². The van der Waals surface area contributed by atoms with Crippen LogP contribution in [0, 0.1) is 0 Å². The van der Waals surface area contributed by atoms with Crippen LogP contribution in [-0.2, 0) is 16.1 Å². The van der Waals surface area contributed by atoms with Crippen molar-refractivity contribution in [1.82, 2.24) is 20.0 Å². The van der Waals surface area contributed by atoms with Crippen molar-refractivity contribution in [3.8, 4) is 22.7 Å². The molecule has 1 aliphatic rings. The molecular formula is C24H24N4O4. The van der Waals surface area contributed by atoms with Gasteiger partial charge in [-0.2, -0.15) is 10.2 Å². The van der Waals surface area contributed by atoms with Crippen LogP contribution in [0.25, 0.3) is 27.8 Å². The summed E-state index contributed by atoms with van der Waals surface area (Å²) in [7, 11) is 0. The molecule has 1 saturated carbocycles. The number of ether oxygens (including phenoxy) is 2. The molecule has 0 spiro atoms. The van der Waals surface area contributed by atoms with Crippen LogP contribution in [0.15, 0.2) is 54.7 Å². The highest BCUT2D eigenvalue weighted by Crippen LogP contribution is 2.32. The number of carboxylic acid groups (broad SMARTS) is 1. The lowest BCUT2D eigenvalue weighted by Gasteiger charge is -2.19. The summed E-state index contributed by atoms with van der Waals surface area (Å²) < 4.78 is 13.5. The lowest BCUT2D eigenvalue weighted by molar-refractivity contribution is -0.162. The average Bonchev–Trinajstić information content (AvgIpc) is 3.28. The van der Waals surface area contributed by atoms with Crippen molar-refractivity contribution in [2.24, 2.45) is 0 Å². The van der Waals surface area contributed by atoms with E-state index >= 15 is 0 Å². The van der Waals surface area contributed by atoms with Gasteiger partial charge in [-0.05, 0) is 57.0 Å². The minimum absolute atomic E-state index is 0.0684. The zero-order valence-electron chi connectivity index (χ0n) is 17.9. The van der Waals surface area contributed by atoms with Crippen LogP contribution in [0.5, 0.6) is 5.75 Å². The number of aromatic amines is 1. The van der Waals surface area contributed by atoms with E-state index in [1.165, 1.54) is 13.8 Å². The van der Waals surface area contributed by atoms with Crippen LogP contribution < -0.4 is 4.74 Å². The summed E-state index contributed by atoms with van der Waals surface area (Å²) >= 11 is 0. The van der Waals surface area contributed by atoms with Gasteiger partial charge in [0, 0.05) is 10.9 Å². The van der Waals surface area contributed by atoms with Gasteiger partial charge >= 0.3 is 5.97 Å². The van der Waals surface area contributed by atoms with Crippen LogP contribution in [0.3, 0.4) is 0 Å². The Morgan fingerprint density at radius 2 is 2.03 bits per heavy atom. The number of aliphatic carboxylic acids is 1. The lowest BCUT2D eigenvalue weighted by atomic mass is 10.1. The number of hydrogen-bond acceptors (Lipinski definition) is 5. The van der Waals surface area contributed by atoms with Crippen molar-refractivity contribution in [2.45, 2.75) is 45.0 Å². The molecule has 1 aliphatic carbocycles. The molecule has 0 radical (unpaired) electrons. The van der Waals surface area contributed by atoms with Gasteiger partial charge in [-0.15, -0.1) is 0 Å². The van der Waals surface area contributed by atoms with Crippen LogP contribution in [0.2, 0.25) is 0 Å². The zero-order chi connectivity index (χ0) is 22.3. The van der Waals surface area contributed by atoms with E-state index in [1.54, 1.807) is 6.20 Å². The number of nitrogens with zero attached hydrogens (tertiary/aromatic N) is 3. The van der Waals surface area contributed by atoms with E-state index in [0.717, 1.165) is 46.4 Å². The standard InChI is InChI=1S/C24H24N4O4/c1-24(2,23(29)30)31-14-16-12-22(15-5-3-6-18(11-15)32-17-9-10-17)28(27-16)21-8-4-7-20-19(21)13-25-26-20/h3-8,11-13,17H,9-10,14H2,1-2H3,(H,25,26)(H,29,30). The van der Waals surface area contributed by atoms with E-state index in [-0.39, 0.29) is 6.61 Å². The lowest BCUT2D eigenvalue weighted by Crippen LogP contribution is -2.34. The van der Waals surface area contributed by atoms with Crippen molar-refractivity contribution in [1.29, 1.82) is 0 Å². The Kier molecular flexibility index (Phi) is 4.94. The third-order valence-electron chi connectivity index (χ3n) is 5.50. The summed E-state index contributed by atoms with van der Waals surface area (Å²) in [6.45, 7) is 3.12. The Labute approximate surface area is 184 Å². The maximum atomic E-state index is 11.4. The first-order valence-corrected chi connectivity index (χ1v) is 10.6. The predicted octanol–water partition coefficient (Wildman–Crippen LogP) is 4.34. The SMILES string of the molecule is CC(C)(OCc1cc(-c2cccc(OC3CC3)c2)n(-c2cccc3[nH]ncc23)n1)C(=O)O. The van der Waals surface area contributed by atoms with Gasteiger partial charge in [-0.1, -0.05) is 18.2 Å². The second-order valence-electron chi connectivity index (χ2n) is 8.49. The normalized spacial score (nSPS) is 14.1. The van der Waals surface area contributed by atoms with Crippen LogP contribution in [0.1, 0.15) is 32.4 Å². The molecule has 8 heteroatoms. The maximum Gasteiger partial charge on any atom is 0.335 e. The molecule has 0 atom stereocenters. The number of fused-ring (bicyclic) bond motifs is 1. The third kappa shape index (κ3) is 3.97. The average molecular weight is 432 g/mol. The molecule has 0 saturated heterocycles. The summed E-state index contributed by atoms with van der Waals surface area (Å²) in [6.07, 6.45) is 4.25. The highest BCUT2D eigenvalue weighted by Gasteiger charge is 2.29. The second kappa shape index (κ2) is 7.80. The fraction of sp³-hybridized carbons (Fsp3) is 0.292. The van der Waals surface area contributed by atoms with Gasteiger partial charge in [0.15, 0.2) is 5.60 Å². The summed E-state index contributed by atoms with van der Waals surface area (Å²) in [5.74, 6) is -0.200. The molecule has 2 aromatic heterocycles. The molecule has 4 aromatic rings. The van der Waals surface area contributed by atoms with Crippen LogP contribution in [0.4, 0.5) is 0 Å². The fourth-order valence-corrected chi connectivity index (χ4v) is 3.45. The Morgan fingerprint density at radius 1 is 1.22 bits per heavy atom. The summed E-state index contributed by atoms with van der Waals surface area (Å²) in [4.78, 5) is 11.4. The maximum absolute atomic E-state index is 11.4. The number of aromatic nitrogens is 4. The quantitative estimate of drug-likeness (QED) is 0.429. The minimum Gasteiger partial charge on any atom is -0.490 e. The van der Waals surface area contributed by atoms with E-state index in [2.05, 4.69) is 10.2 Å². The van der Waals surface area contributed by atoms with Gasteiger partial charge < -0.3 is 14.6 Å². The Morgan fingerprint density at radius 3 is 2.81 bits per heavy atom. The van der Waals surface area contributed by atoms with E-state index in [0.29, 0.717) is 11.8 Å². The largest absolute Gasteiger partial charge is 0.490 e. The molecule has 5 rings (SSSR count). The molecule has 2 heterocycles. The summed E-state index contributed by atoms with van der Waals surface area (Å²) in [5.41, 5.74) is 2.88. The fourth-order valence-electron chi connectivity index (χ4n) is 3.45. The molecule has 32 heavy (non-hydrogen) atoms. The Hall–Kier alpha value is -3.65.